The Labute approximate surface area is 111 Å². The zero-order valence-corrected chi connectivity index (χ0v) is 11.7. The van der Waals surface area contributed by atoms with Gasteiger partial charge in [0.05, 0.1) is 11.0 Å². The van der Waals surface area contributed by atoms with Crippen LogP contribution < -0.4 is 9.88 Å². The molecule has 1 rings (SSSR count). The molecule has 0 aliphatic carbocycles. The van der Waals surface area contributed by atoms with Gasteiger partial charge in [-0.25, -0.2) is 13.6 Å². The molecule has 1 atom stereocenters. The van der Waals surface area contributed by atoms with Crippen LogP contribution in [0.25, 0.3) is 0 Å². The van der Waals surface area contributed by atoms with E-state index >= 15 is 0 Å². The summed E-state index contributed by atoms with van der Waals surface area (Å²) in [5, 5.41) is 15.8. The highest BCUT2D eigenvalue weighted by molar-refractivity contribution is 7.89. The van der Waals surface area contributed by atoms with Crippen molar-refractivity contribution in [2.24, 2.45) is 5.14 Å². The van der Waals surface area contributed by atoms with E-state index in [1.54, 1.807) is 13.8 Å². The molecular weight excluding hydrogens is 272 g/mol. The summed E-state index contributed by atoms with van der Waals surface area (Å²) in [6.07, 6.45) is 0.446. The maximum Gasteiger partial charge on any atom is 0.271 e. The Balaban J connectivity index is 3.48. The summed E-state index contributed by atoms with van der Waals surface area (Å²) in [6.45, 7) is 5.19. The van der Waals surface area contributed by atoms with E-state index in [1.807, 2.05) is 6.92 Å². The Morgan fingerprint density at radius 1 is 1.47 bits per heavy atom. The van der Waals surface area contributed by atoms with Gasteiger partial charge in [0.25, 0.3) is 5.69 Å². The van der Waals surface area contributed by atoms with Crippen molar-refractivity contribution >= 4 is 15.7 Å². The second kappa shape index (κ2) is 5.54. The molecule has 0 heterocycles. The number of nitro benzene ring substituents is 1. The highest BCUT2D eigenvalue weighted by atomic mass is 32.2. The van der Waals surface area contributed by atoms with E-state index < -0.39 is 14.9 Å². The van der Waals surface area contributed by atoms with E-state index in [4.69, 9.17) is 9.88 Å². The summed E-state index contributed by atoms with van der Waals surface area (Å²) in [4.78, 5) is 9.72. The normalized spacial score (nSPS) is 13.1. The first-order valence-electron chi connectivity index (χ1n) is 5.65. The Bertz CT molecular complexity index is 597. The van der Waals surface area contributed by atoms with Gasteiger partial charge in [0.15, 0.2) is 0 Å². The van der Waals surface area contributed by atoms with E-state index in [9.17, 15) is 18.5 Å². The van der Waals surface area contributed by atoms with E-state index in [0.717, 1.165) is 6.07 Å². The van der Waals surface area contributed by atoms with Crippen molar-refractivity contribution in [1.29, 1.82) is 0 Å². The summed E-state index contributed by atoms with van der Waals surface area (Å²) in [5.41, 5.74) is 0.0246. The molecular formula is C11H16N2O5S. The molecule has 2 N–H and O–H groups in total. The van der Waals surface area contributed by atoms with E-state index in [0.29, 0.717) is 12.0 Å². The molecule has 0 bridgehead atoms. The van der Waals surface area contributed by atoms with Crippen molar-refractivity contribution in [2.75, 3.05) is 0 Å². The highest BCUT2D eigenvalue weighted by Crippen LogP contribution is 2.32. The maximum absolute atomic E-state index is 11.5. The van der Waals surface area contributed by atoms with Crippen molar-refractivity contribution < 1.29 is 18.1 Å². The van der Waals surface area contributed by atoms with Gasteiger partial charge in [-0.1, -0.05) is 6.92 Å². The van der Waals surface area contributed by atoms with Crippen LogP contribution in [0.5, 0.6) is 5.75 Å². The molecule has 1 aromatic rings. The number of non-ortho nitro benzene ring substituents is 1. The molecule has 0 saturated carbocycles. The Morgan fingerprint density at radius 3 is 2.47 bits per heavy atom. The predicted octanol–water partition coefficient (Wildman–Crippen LogP) is 1.73. The monoisotopic (exact) mass is 288 g/mol. The van der Waals surface area contributed by atoms with Crippen LogP contribution in [0.15, 0.2) is 17.0 Å². The fourth-order valence-electron chi connectivity index (χ4n) is 1.48. The van der Waals surface area contributed by atoms with Gasteiger partial charge in [0, 0.05) is 12.1 Å². The quantitative estimate of drug-likeness (QED) is 0.654. The lowest BCUT2D eigenvalue weighted by molar-refractivity contribution is -0.385. The molecule has 0 spiro atoms. The van der Waals surface area contributed by atoms with Gasteiger partial charge >= 0.3 is 0 Å². The summed E-state index contributed by atoms with van der Waals surface area (Å²) in [5.74, 6) is 0.0717. The van der Waals surface area contributed by atoms with Crippen LogP contribution in [-0.2, 0) is 10.0 Å². The zero-order chi connectivity index (χ0) is 14.8. The minimum Gasteiger partial charge on any atom is -0.489 e. The standard InChI is InChI=1S/C11H16N2O5S/c1-4-8(3)18-11-7(2)5-9(13(14)15)6-10(11)19(12,16)17/h5-6,8H,4H2,1-3H3,(H2,12,16,17). The number of ether oxygens (including phenoxy) is 1. The van der Waals surface area contributed by atoms with Crippen LogP contribution in [-0.4, -0.2) is 19.4 Å². The van der Waals surface area contributed by atoms with Crippen molar-refractivity contribution in [3.05, 3.63) is 27.8 Å². The van der Waals surface area contributed by atoms with Crippen LogP contribution in [0.4, 0.5) is 5.69 Å². The van der Waals surface area contributed by atoms with Gasteiger partial charge in [-0.05, 0) is 25.8 Å². The number of aryl methyl sites for hydroxylation is 1. The molecule has 0 aliphatic rings. The Kier molecular flexibility index (Phi) is 4.48. The maximum atomic E-state index is 11.5. The fraction of sp³-hybridized carbons (Fsp3) is 0.455. The first kappa shape index (κ1) is 15.4. The first-order chi connectivity index (χ1) is 8.66. The van der Waals surface area contributed by atoms with E-state index in [-0.39, 0.29) is 22.4 Å². The molecule has 0 saturated heterocycles. The average Bonchev–Trinajstić information content (AvgIpc) is 2.29. The van der Waals surface area contributed by atoms with Crippen molar-refractivity contribution in [1.82, 2.24) is 0 Å². The van der Waals surface area contributed by atoms with Crippen LogP contribution in [0.3, 0.4) is 0 Å². The number of hydrogen-bond donors (Lipinski definition) is 1. The van der Waals surface area contributed by atoms with Gasteiger partial charge < -0.3 is 4.74 Å². The zero-order valence-electron chi connectivity index (χ0n) is 10.9. The summed E-state index contributed by atoms with van der Waals surface area (Å²) in [7, 11) is -4.10. The first-order valence-corrected chi connectivity index (χ1v) is 7.20. The minimum absolute atomic E-state index is 0.0717. The van der Waals surface area contributed by atoms with Gasteiger partial charge in [-0.3, -0.25) is 10.1 Å². The third-order valence-corrected chi connectivity index (χ3v) is 3.55. The van der Waals surface area contributed by atoms with E-state index in [2.05, 4.69) is 0 Å². The summed E-state index contributed by atoms with van der Waals surface area (Å²) < 4.78 is 28.6. The summed E-state index contributed by atoms with van der Waals surface area (Å²) >= 11 is 0. The topological polar surface area (TPSA) is 113 Å². The number of rotatable bonds is 5. The van der Waals surface area contributed by atoms with Crippen LogP contribution >= 0.6 is 0 Å². The minimum atomic E-state index is -4.10. The van der Waals surface area contributed by atoms with Crippen molar-refractivity contribution in [2.45, 2.75) is 38.2 Å². The molecule has 7 nitrogen and oxygen atoms in total. The lowest BCUT2D eigenvalue weighted by Crippen LogP contribution is -2.18. The van der Waals surface area contributed by atoms with Crippen LogP contribution in [0.2, 0.25) is 0 Å². The molecule has 19 heavy (non-hydrogen) atoms. The van der Waals surface area contributed by atoms with E-state index in [1.165, 1.54) is 6.07 Å². The van der Waals surface area contributed by atoms with Crippen LogP contribution in [0, 0.1) is 17.0 Å². The highest BCUT2D eigenvalue weighted by Gasteiger charge is 2.23. The number of nitro groups is 1. The van der Waals surface area contributed by atoms with Gasteiger partial charge in [0.1, 0.15) is 10.6 Å². The molecule has 0 radical (unpaired) electrons. The number of nitrogens with two attached hydrogens (primary N) is 1. The summed E-state index contributed by atoms with van der Waals surface area (Å²) in [6, 6.07) is 2.17. The van der Waals surface area contributed by atoms with Gasteiger partial charge in [-0.2, -0.15) is 0 Å². The molecule has 0 aliphatic heterocycles. The largest absolute Gasteiger partial charge is 0.489 e. The lowest BCUT2D eigenvalue weighted by atomic mass is 10.2. The third-order valence-electron chi connectivity index (χ3n) is 2.64. The Morgan fingerprint density at radius 2 is 2.05 bits per heavy atom. The molecule has 0 amide bonds. The molecule has 0 fully saturated rings. The molecule has 1 aromatic carbocycles. The number of sulfonamides is 1. The smallest absolute Gasteiger partial charge is 0.271 e. The second-order valence-electron chi connectivity index (χ2n) is 4.23. The lowest BCUT2D eigenvalue weighted by Gasteiger charge is -2.17. The Hall–Kier alpha value is -1.67. The van der Waals surface area contributed by atoms with Crippen LogP contribution in [0.1, 0.15) is 25.8 Å². The third kappa shape index (κ3) is 3.65. The molecule has 0 aromatic heterocycles. The van der Waals surface area contributed by atoms with Gasteiger partial charge in [0.2, 0.25) is 10.0 Å². The van der Waals surface area contributed by atoms with Crippen molar-refractivity contribution in [3.8, 4) is 5.75 Å². The SMILES string of the molecule is CCC(C)Oc1c(C)cc([N+](=O)[O-])cc1S(N)(=O)=O. The predicted molar refractivity (Wildman–Crippen MR) is 69.6 cm³/mol. The number of primary sulfonamides is 1. The average molecular weight is 288 g/mol. The van der Waals surface area contributed by atoms with Gasteiger partial charge in [-0.15, -0.1) is 0 Å². The molecule has 106 valence electrons. The number of benzene rings is 1. The van der Waals surface area contributed by atoms with Crippen molar-refractivity contribution in [3.63, 3.8) is 0 Å². The molecule has 8 heteroatoms. The number of hydrogen-bond acceptors (Lipinski definition) is 5. The second-order valence-corrected chi connectivity index (χ2v) is 5.76. The number of nitrogens with zero attached hydrogens (tertiary/aromatic N) is 1. The fourth-order valence-corrected chi connectivity index (χ4v) is 2.23. The molecule has 1 unspecified atom stereocenters.